The SMILES string of the molecule is CCCc1nc(NN)cc(N2CCCS(=O)(=O)CC2)n1. The highest BCUT2D eigenvalue weighted by atomic mass is 32.2. The van der Waals surface area contributed by atoms with Crippen LogP contribution >= 0.6 is 0 Å². The van der Waals surface area contributed by atoms with E-state index >= 15 is 0 Å². The van der Waals surface area contributed by atoms with Crippen LogP contribution in [-0.2, 0) is 16.3 Å². The highest BCUT2D eigenvalue weighted by Crippen LogP contribution is 2.18. The molecule has 112 valence electrons. The number of aromatic nitrogens is 2. The van der Waals surface area contributed by atoms with E-state index in [-0.39, 0.29) is 11.5 Å². The molecule has 3 N–H and O–H groups in total. The number of aryl methyl sites for hydroxylation is 1. The maximum atomic E-state index is 11.6. The molecule has 1 saturated heterocycles. The highest BCUT2D eigenvalue weighted by Gasteiger charge is 2.20. The number of nitrogen functional groups attached to an aromatic ring is 1. The highest BCUT2D eigenvalue weighted by molar-refractivity contribution is 7.91. The molecule has 0 spiro atoms. The van der Waals surface area contributed by atoms with Crippen molar-refractivity contribution >= 4 is 21.5 Å². The molecule has 0 aromatic carbocycles. The number of hydrazine groups is 1. The van der Waals surface area contributed by atoms with Gasteiger partial charge < -0.3 is 10.3 Å². The van der Waals surface area contributed by atoms with Gasteiger partial charge in [0.05, 0.1) is 11.5 Å². The van der Waals surface area contributed by atoms with Gasteiger partial charge in [0, 0.05) is 25.6 Å². The smallest absolute Gasteiger partial charge is 0.152 e. The van der Waals surface area contributed by atoms with Crippen molar-refractivity contribution < 1.29 is 8.42 Å². The van der Waals surface area contributed by atoms with Gasteiger partial charge in [0.25, 0.3) is 0 Å². The molecule has 1 aliphatic heterocycles. The van der Waals surface area contributed by atoms with Crippen LogP contribution in [0.2, 0.25) is 0 Å². The van der Waals surface area contributed by atoms with Crippen molar-refractivity contribution in [3.05, 3.63) is 11.9 Å². The van der Waals surface area contributed by atoms with E-state index in [9.17, 15) is 8.42 Å². The van der Waals surface area contributed by atoms with Crippen LogP contribution in [-0.4, -0.2) is 43.0 Å². The first kappa shape index (κ1) is 15.0. The molecule has 7 nitrogen and oxygen atoms in total. The molecule has 8 heteroatoms. The minimum atomic E-state index is -2.92. The van der Waals surface area contributed by atoms with E-state index in [4.69, 9.17) is 5.84 Å². The van der Waals surface area contributed by atoms with Gasteiger partial charge in [-0.25, -0.2) is 24.2 Å². The molecule has 20 heavy (non-hydrogen) atoms. The Labute approximate surface area is 119 Å². The lowest BCUT2D eigenvalue weighted by atomic mass is 10.3. The second-order valence-corrected chi connectivity index (χ2v) is 7.22. The van der Waals surface area contributed by atoms with Crippen molar-refractivity contribution in [2.45, 2.75) is 26.2 Å². The zero-order valence-electron chi connectivity index (χ0n) is 11.7. The second kappa shape index (κ2) is 6.36. The fourth-order valence-electron chi connectivity index (χ4n) is 2.22. The van der Waals surface area contributed by atoms with Crippen LogP contribution < -0.4 is 16.2 Å². The number of nitrogens with zero attached hydrogens (tertiary/aromatic N) is 3. The second-order valence-electron chi connectivity index (χ2n) is 4.91. The van der Waals surface area contributed by atoms with Crippen LogP contribution in [0.5, 0.6) is 0 Å². The van der Waals surface area contributed by atoms with Crippen molar-refractivity contribution in [2.75, 3.05) is 34.9 Å². The number of sulfone groups is 1. The van der Waals surface area contributed by atoms with E-state index in [1.165, 1.54) is 0 Å². The Hall–Kier alpha value is -1.41. The van der Waals surface area contributed by atoms with Gasteiger partial charge in [-0.1, -0.05) is 6.92 Å². The van der Waals surface area contributed by atoms with E-state index in [1.54, 1.807) is 6.07 Å². The van der Waals surface area contributed by atoms with Crippen LogP contribution in [0.1, 0.15) is 25.6 Å². The summed E-state index contributed by atoms with van der Waals surface area (Å²) in [5.74, 6) is 7.88. The summed E-state index contributed by atoms with van der Waals surface area (Å²) < 4.78 is 23.3. The fraction of sp³-hybridized carbons (Fsp3) is 0.667. The lowest BCUT2D eigenvalue weighted by Crippen LogP contribution is -2.28. The number of nitrogens with two attached hydrogens (primary N) is 1. The molecule has 2 heterocycles. The summed E-state index contributed by atoms with van der Waals surface area (Å²) in [4.78, 5) is 10.8. The van der Waals surface area contributed by atoms with Crippen LogP contribution in [0.3, 0.4) is 0 Å². The molecule has 1 aromatic rings. The van der Waals surface area contributed by atoms with E-state index in [0.717, 1.165) is 24.5 Å². The molecule has 1 aliphatic rings. The molecule has 0 amide bonds. The lowest BCUT2D eigenvalue weighted by Gasteiger charge is -2.21. The van der Waals surface area contributed by atoms with Gasteiger partial charge >= 0.3 is 0 Å². The summed E-state index contributed by atoms with van der Waals surface area (Å²) in [5.41, 5.74) is 2.54. The summed E-state index contributed by atoms with van der Waals surface area (Å²) in [7, 11) is -2.92. The van der Waals surface area contributed by atoms with Gasteiger partial charge in [-0.3, -0.25) is 0 Å². The van der Waals surface area contributed by atoms with Crippen molar-refractivity contribution in [2.24, 2.45) is 5.84 Å². The number of rotatable bonds is 4. The quantitative estimate of drug-likeness (QED) is 0.610. The average Bonchev–Trinajstić information content (AvgIpc) is 2.59. The van der Waals surface area contributed by atoms with Crippen molar-refractivity contribution in [1.82, 2.24) is 9.97 Å². The first-order valence-electron chi connectivity index (χ1n) is 6.84. The molecule has 0 saturated carbocycles. The predicted molar refractivity (Wildman–Crippen MR) is 79.3 cm³/mol. The average molecular weight is 299 g/mol. The maximum absolute atomic E-state index is 11.6. The predicted octanol–water partition coefficient (Wildman–Crippen LogP) is 0.340. The Morgan fingerprint density at radius 1 is 1.35 bits per heavy atom. The van der Waals surface area contributed by atoms with Crippen molar-refractivity contribution in [3.63, 3.8) is 0 Å². The molecule has 2 rings (SSSR count). The minimum absolute atomic E-state index is 0.172. The molecular formula is C12H21N5O2S. The Morgan fingerprint density at radius 2 is 2.15 bits per heavy atom. The lowest BCUT2D eigenvalue weighted by molar-refractivity contribution is 0.597. The Kier molecular flexibility index (Phi) is 4.77. The molecule has 0 atom stereocenters. The zero-order valence-corrected chi connectivity index (χ0v) is 12.5. The largest absolute Gasteiger partial charge is 0.355 e. The van der Waals surface area contributed by atoms with Crippen molar-refractivity contribution in [1.29, 1.82) is 0 Å². The molecule has 0 unspecified atom stereocenters. The van der Waals surface area contributed by atoms with Gasteiger partial charge in [0.2, 0.25) is 0 Å². The number of anilines is 2. The third-order valence-corrected chi connectivity index (χ3v) is 4.98. The molecule has 0 aliphatic carbocycles. The van der Waals surface area contributed by atoms with Gasteiger partial charge in [0.15, 0.2) is 9.84 Å². The topological polar surface area (TPSA) is 101 Å². The number of nitrogens with one attached hydrogen (secondary N) is 1. The standard InChI is InChI=1S/C12H21N5O2S/c1-2-4-10-14-11(16-13)9-12(15-10)17-5-3-7-20(18,19)8-6-17/h9H,2-8,13H2,1H3,(H,14,15,16). The van der Waals surface area contributed by atoms with Gasteiger partial charge in [-0.2, -0.15) is 0 Å². The maximum Gasteiger partial charge on any atom is 0.152 e. The molecule has 0 bridgehead atoms. The van der Waals surface area contributed by atoms with Crippen molar-refractivity contribution in [3.8, 4) is 0 Å². The molecule has 0 radical (unpaired) electrons. The zero-order chi connectivity index (χ0) is 14.6. The van der Waals surface area contributed by atoms with Gasteiger partial charge in [-0.15, -0.1) is 0 Å². The Bertz CT molecular complexity index is 561. The Morgan fingerprint density at radius 3 is 2.85 bits per heavy atom. The van der Waals surface area contributed by atoms with E-state index in [1.807, 2.05) is 4.90 Å². The van der Waals surface area contributed by atoms with Crippen LogP contribution in [0.25, 0.3) is 0 Å². The summed E-state index contributed by atoms with van der Waals surface area (Å²) in [6, 6.07) is 1.76. The van der Waals surface area contributed by atoms with Crippen LogP contribution in [0.4, 0.5) is 11.6 Å². The van der Waals surface area contributed by atoms with E-state index < -0.39 is 9.84 Å². The fourth-order valence-corrected chi connectivity index (χ4v) is 3.49. The van der Waals surface area contributed by atoms with E-state index in [2.05, 4.69) is 22.3 Å². The molecular weight excluding hydrogens is 278 g/mol. The summed E-state index contributed by atoms with van der Waals surface area (Å²) >= 11 is 0. The van der Waals surface area contributed by atoms with Gasteiger partial charge in [-0.05, 0) is 12.8 Å². The monoisotopic (exact) mass is 299 g/mol. The number of hydrogen-bond acceptors (Lipinski definition) is 7. The minimum Gasteiger partial charge on any atom is -0.355 e. The van der Waals surface area contributed by atoms with Crippen LogP contribution in [0.15, 0.2) is 6.07 Å². The summed E-state index contributed by atoms with van der Waals surface area (Å²) in [6.07, 6.45) is 2.34. The third-order valence-electron chi connectivity index (χ3n) is 3.26. The third kappa shape index (κ3) is 3.80. The number of hydrogen-bond donors (Lipinski definition) is 2. The van der Waals surface area contributed by atoms with Crippen LogP contribution in [0, 0.1) is 0 Å². The Balaban J connectivity index is 2.24. The molecule has 1 aromatic heterocycles. The van der Waals surface area contributed by atoms with Gasteiger partial charge in [0.1, 0.15) is 17.5 Å². The first-order valence-corrected chi connectivity index (χ1v) is 8.66. The summed E-state index contributed by atoms with van der Waals surface area (Å²) in [5, 5.41) is 0. The normalized spacial score (nSPS) is 18.6. The summed E-state index contributed by atoms with van der Waals surface area (Å²) in [6.45, 7) is 3.21. The van der Waals surface area contributed by atoms with E-state index in [0.29, 0.717) is 25.3 Å². The molecule has 1 fully saturated rings. The first-order chi connectivity index (χ1) is 9.54.